The predicted octanol–water partition coefficient (Wildman–Crippen LogP) is 3.69. The fourth-order valence-corrected chi connectivity index (χ4v) is 2.92. The normalized spacial score (nSPS) is 14.9. The molecule has 1 N–H and O–H groups in total. The third-order valence-corrected chi connectivity index (χ3v) is 4.29. The van der Waals surface area contributed by atoms with Crippen LogP contribution in [0, 0.1) is 6.92 Å². The summed E-state index contributed by atoms with van der Waals surface area (Å²) in [6.07, 6.45) is 4.33. The van der Waals surface area contributed by atoms with E-state index in [2.05, 4.69) is 60.0 Å². The molecular formula is C19H27N5. The highest BCUT2D eigenvalue weighted by Crippen LogP contribution is 2.24. The van der Waals surface area contributed by atoms with Crippen molar-refractivity contribution < 1.29 is 0 Å². The number of anilines is 2. The molecule has 0 spiro atoms. The SMILES string of the molecule is Cc1ccc(CNc2ccnc(C(C)(C)C)n2)c(N2CCCC2)n1. The molecule has 5 heteroatoms. The molecule has 1 saturated heterocycles. The molecule has 0 atom stereocenters. The number of nitrogens with one attached hydrogen (secondary N) is 1. The molecule has 3 heterocycles. The van der Waals surface area contributed by atoms with Gasteiger partial charge in [0.25, 0.3) is 0 Å². The monoisotopic (exact) mass is 325 g/mol. The second kappa shape index (κ2) is 6.75. The van der Waals surface area contributed by atoms with Crippen molar-refractivity contribution in [2.75, 3.05) is 23.3 Å². The standard InChI is InChI=1S/C19H27N5/c1-14-7-8-15(17(22-14)24-11-5-6-12-24)13-21-16-9-10-20-18(23-16)19(2,3)4/h7-10H,5-6,11-13H2,1-4H3,(H,20,21,23). The van der Waals surface area contributed by atoms with Gasteiger partial charge in [0.05, 0.1) is 0 Å². The maximum absolute atomic E-state index is 4.78. The number of aromatic nitrogens is 3. The zero-order valence-electron chi connectivity index (χ0n) is 15.1. The Hall–Kier alpha value is -2.17. The molecule has 0 unspecified atom stereocenters. The first-order valence-corrected chi connectivity index (χ1v) is 8.72. The van der Waals surface area contributed by atoms with Crippen molar-refractivity contribution in [3.05, 3.63) is 41.5 Å². The maximum Gasteiger partial charge on any atom is 0.135 e. The molecule has 128 valence electrons. The molecule has 2 aromatic heterocycles. The number of hydrogen-bond donors (Lipinski definition) is 1. The molecule has 0 radical (unpaired) electrons. The lowest BCUT2D eigenvalue weighted by Crippen LogP contribution is -2.22. The van der Waals surface area contributed by atoms with Crippen LogP contribution < -0.4 is 10.2 Å². The van der Waals surface area contributed by atoms with E-state index in [1.165, 1.54) is 18.4 Å². The van der Waals surface area contributed by atoms with Crippen molar-refractivity contribution in [3.63, 3.8) is 0 Å². The van der Waals surface area contributed by atoms with Crippen LogP contribution in [0.5, 0.6) is 0 Å². The molecule has 1 aliphatic rings. The third kappa shape index (κ3) is 3.83. The minimum atomic E-state index is -0.0518. The molecule has 0 amide bonds. The Morgan fingerprint density at radius 3 is 2.54 bits per heavy atom. The number of nitrogens with zero attached hydrogens (tertiary/aromatic N) is 4. The van der Waals surface area contributed by atoms with Crippen LogP contribution in [0.4, 0.5) is 11.6 Å². The van der Waals surface area contributed by atoms with Crippen LogP contribution in [0.15, 0.2) is 24.4 Å². The van der Waals surface area contributed by atoms with Gasteiger partial charge in [-0.25, -0.2) is 15.0 Å². The quantitative estimate of drug-likeness (QED) is 0.929. The van der Waals surface area contributed by atoms with E-state index in [0.717, 1.165) is 42.8 Å². The topological polar surface area (TPSA) is 53.9 Å². The van der Waals surface area contributed by atoms with Gasteiger partial charge >= 0.3 is 0 Å². The second-order valence-electron chi connectivity index (χ2n) is 7.50. The van der Waals surface area contributed by atoms with Gasteiger partial charge in [0.1, 0.15) is 17.5 Å². The van der Waals surface area contributed by atoms with Gasteiger partial charge in [0.15, 0.2) is 0 Å². The zero-order chi connectivity index (χ0) is 17.2. The van der Waals surface area contributed by atoms with Gasteiger partial charge in [-0.3, -0.25) is 0 Å². The molecule has 1 aliphatic heterocycles. The Kier molecular flexibility index (Phi) is 4.69. The van der Waals surface area contributed by atoms with E-state index in [1.807, 2.05) is 12.3 Å². The van der Waals surface area contributed by atoms with Gasteiger partial charge in [-0.1, -0.05) is 26.8 Å². The number of pyridine rings is 1. The lowest BCUT2D eigenvalue weighted by molar-refractivity contribution is 0.546. The molecular weight excluding hydrogens is 298 g/mol. The van der Waals surface area contributed by atoms with Gasteiger partial charge < -0.3 is 10.2 Å². The van der Waals surface area contributed by atoms with Gasteiger partial charge in [0, 0.05) is 42.5 Å². The van der Waals surface area contributed by atoms with E-state index in [1.54, 1.807) is 0 Å². The van der Waals surface area contributed by atoms with Gasteiger partial charge in [-0.2, -0.15) is 0 Å². The fraction of sp³-hybridized carbons (Fsp3) is 0.526. The van der Waals surface area contributed by atoms with E-state index in [4.69, 9.17) is 4.98 Å². The summed E-state index contributed by atoms with van der Waals surface area (Å²) in [6, 6.07) is 6.18. The summed E-state index contributed by atoms with van der Waals surface area (Å²) in [5.74, 6) is 2.84. The lowest BCUT2D eigenvalue weighted by Gasteiger charge is -2.21. The Bertz CT molecular complexity index is 699. The molecule has 1 fully saturated rings. The van der Waals surface area contributed by atoms with Crippen LogP contribution in [-0.4, -0.2) is 28.0 Å². The highest BCUT2D eigenvalue weighted by molar-refractivity contribution is 5.50. The van der Waals surface area contributed by atoms with E-state index in [9.17, 15) is 0 Å². The van der Waals surface area contributed by atoms with Crippen LogP contribution in [0.2, 0.25) is 0 Å². The average Bonchev–Trinajstić information content (AvgIpc) is 3.07. The molecule has 0 aromatic carbocycles. The van der Waals surface area contributed by atoms with E-state index < -0.39 is 0 Å². The Morgan fingerprint density at radius 2 is 1.83 bits per heavy atom. The summed E-state index contributed by atoms with van der Waals surface area (Å²) in [7, 11) is 0. The maximum atomic E-state index is 4.78. The predicted molar refractivity (Wildman–Crippen MR) is 98.5 cm³/mol. The molecule has 0 saturated carbocycles. The minimum absolute atomic E-state index is 0.0518. The van der Waals surface area contributed by atoms with E-state index in [-0.39, 0.29) is 5.41 Å². The van der Waals surface area contributed by atoms with Gasteiger partial charge in [-0.05, 0) is 31.9 Å². The van der Waals surface area contributed by atoms with E-state index in [0.29, 0.717) is 0 Å². The lowest BCUT2D eigenvalue weighted by atomic mass is 9.96. The number of aryl methyl sites for hydroxylation is 1. The molecule has 5 nitrogen and oxygen atoms in total. The van der Waals surface area contributed by atoms with Crippen molar-refractivity contribution >= 4 is 11.6 Å². The summed E-state index contributed by atoms with van der Waals surface area (Å²) in [6.45, 7) is 11.4. The van der Waals surface area contributed by atoms with Gasteiger partial charge in [-0.15, -0.1) is 0 Å². The zero-order valence-corrected chi connectivity index (χ0v) is 15.1. The largest absolute Gasteiger partial charge is 0.366 e. The molecule has 24 heavy (non-hydrogen) atoms. The van der Waals surface area contributed by atoms with Crippen molar-refractivity contribution in [3.8, 4) is 0 Å². The summed E-state index contributed by atoms with van der Waals surface area (Å²) < 4.78 is 0. The summed E-state index contributed by atoms with van der Waals surface area (Å²) >= 11 is 0. The van der Waals surface area contributed by atoms with Crippen molar-refractivity contribution in [1.29, 1.82) is 0 Å². The van der Waals surface area contributed by atoms with Crippen LogP contribution >= 0.6 is 0 Å². The highest BCUT2D eigenvalue weighted by Gasteiger charge is 2.19. The van der Waals surface area contributed by atoms with Crippen molar-refractivity contribution in [1.82, 2.24) is 15.0 Å². The number of rotatable bonds is 4. The van der Waals surface area contributed by atoms with Crippen LogP contribution in [0.25, 0.3) is 0 Å². The highest BCUT2D eigenvalue weighted by atomic mass is 15.2. The van der Waals surface area contributed by atoms with Crippen molar-refractivity contribution in [2.45, 2.75) is 52.5 Å². The van der Waals surface area contributed by atoms with Crippen LogP contribution in [0.3, 0.4) is 0 Å². The van der Waals surface area contributed by atoms with Gasteiger partial charge in [0.2, 0.25) is 0 Å². The summed E-state index contributed by atoms with van der Waals surface area (Å²) in [5, 5.41) is 3.44. The van der Waals surface area contributed by atoms with Crippen molar-refractivity contribution in [2.24, 2.45) is 0 Å². The first-order valence-electron chi connectivity index (χ1n) is 8.72. The fourth-order valence-electron chi connectivity index (χ4n) is 2.92. The average molecular weight is 325 g/mol. The molecule has 2 aromatic rings. The third-order valence-electron chi connectivity index (χ3n) is 4.29. The minimum Gasteiger partial charge on any atom is -0.366 e. The van der Waals surface area contributed by atoms with Crippen LogP contribution in [0.1, 0.15) is 50.7 Å². The Balaban J connectivity index is 1.77. The molecule has 3 rings (SSSR count). The van der Waals surface area contributed by atoms with E-state index >= 15 is 0 Å². The molecule has 0 aliphatic carbocycles. The Morgan fingerprint density at radius 1 is 1.08 bits per heavy atom. The number of hydrogen-bond acceptors (Lipinski definition) is 5. The summed E-state index contributed by atoms with van der Waals surface area (Å²) in [4.78, 5) is 16.2. The Labute approximate surface area is 144 Å². The second-order valence-corrected chi connectivity index (χ2v) is 7.50. The first-order chi connectivity index (χ1) is 11.4. The molecule has 0 bridgehead atoms. The van der Waals surface area contributed by atoms with Crippen LogP contribution in [-0.2, 0) is 12.0 Å². The first kappa shape index (κ1) is 16.7. The smallest absolute Gasteiger partial charge is 0.135 e. The summed E-state index contributed by atoms with van der Waals surface area (Å²) in [5.41, 5.74) is 2.24.